The molecule has 1 heterocycles. The standard InChI is InChI=1S/C22H26BrNO/c1-5-13-7-15-11-22(3,4)24-19(16(15)9-18(13)23)10-20(25)17-8-14-6-12(2)21(14)17/h7,9-10,12,14,24H,5-6,8,11H2,1-4H3/b19-10-. The lowest BCUT2D eigenvalue weighted by Gasteiger charge is -2.47. The van der Waals surface area contributed by atoms with Gasteiger partial charge in [-0.15, -0.1) is 0 Å². The average molecular weight is 400 g/mol. The molecule has 1 N–H and O–H groups in total. The van der Waals surface area contributed by atoms with Crippen LogP contribution in [0.5, 0.6) is 0 Å². The van der Waals surface area contributed by atoms with Crippen LogP contribution in [0.3, 0.4) is 0 Å². The predicted molar refractivity (Wildman–Crippen MR) is 106 cm³/mol. The van der Waals surface area contributed by atoms with Crippen molar-refractivity contribution in [1.29, 1.82) is 0 Å². The molecular formula is C22H26BrNO. The number of hydrogen-bond acceptors (Lipinski definition) is 2. The molecule has 3 heteroatoms. The van der Waals surface area contributed by atoms with Crippen molar-refractivity contribution in [2.75, 3.05) is 0 Å². The van der Waals surface area contributed by atoms with Gasteiger partial charge in [-0.1, -0.05) is 41.4 Å². The van der Waals surface area contributed by atoms with Gasteiger partial charge in [-0.3, -0.25) is 4.79 Å². The van der Waals surface area contributed by atoms with E-state index in [1.807, 2.05) is 6.08 Å². The van der Waals surface area contributed by atoms with E-state index in [1.165, 1.54) is 28.7 Å². The van der Waals surface area contributed by atoms with Crippen molar-refractivity contribution in [2.45, 2.75) is 58.9 Å². The van der Waals surface area contributed by atoms with Crippen molar-refractivity contribution in [3.8, 4) is 0 Å². The van der Waals surface area contributed by atoms with Crippen molar-refractivity contribution < 1.29 is 4.79 Å². The molecule has 1 aliphatic heterocycles. The van der Waals surface area contributed by atoms with Crippen molar-refractivity contribution in [3.63, 3.8) is 0 Å². The number of ketones is 1. The van der Waals surface area contributed by atoms with Gasteiger partial charge in [0, 0.05) is 27.3 Å². The average Bonchev–Trinajstić information content (AvgIpc) is 2.50. The zero-order valence-electron chi connectivity index (χ0n) is 15.5. The first kappa shape index (κ1) is 17.1. The highest BCUT2D eigenvalue weighted by Gasteiger charge is 2.44. The van der Waals surface area contributed by atoms with E-state index in [4.69, 9.17) is 0 Å². The maximum Gasteiger partial charge on any atom is 0.183 e. The van der Waals surface area contributed by atoms with E-state index < -0.39 is 0 Å². The summed E-state index contributed by atoms with van der Waals surface area (Å²) in [6, 6.07) is 4.48. The fraction of sp³-hybridized carbons (Fsp3) is 0.500. The number of aryl methyl sites for hydroxylation is 1. The fourth-order valence-corrected chi connectivity index (χ4v) is 5.38. The molecule has 2 unspecified atom stereocenters. The van der Waals surface area contributed by atoms with Gasteiger partial charge in [0.15, 0.2) is 5.78 Å². The second-order valence-corrected chi connectivity index (χ2v) is 9.39. The van der Waals surface area contributed by atoms with Gasteiger partial charge >= 0.3 is 0 Å². The molecule has 0 amide bonds. The molecule has 1 saturated carbocycles. The third-order valence-corrected chi connectivity index (χ3v) is 6.77. The molecule has 0 spiro atoms. The molecule has 132 valence electrons. The Morgan fingerprint density at radius 3 is 2.80 bits per heavy atom. The van der Waals surface area contributed by atoms with Gasteiger partial charge in [0.05, 0.1) is 0 Å². The van der Waals surface area contributed by atoms with Crippen LogP contribution in [0.2, 0.25) is 0 Å². The lowest BCUT2D eigenvalue weighted by atomic mass is 9.57. The highest BCUT2D eigenvalue weighted by molar-refractivity contribution is 9.10. The molecule has 0 bridgehead atoms. The van der Waals surface area contributed by atoms with Crippen molar-refractivity contribution in [1.82, 2.24) is 5.32 Å². The van der Waals surface area contributed by atoms with Gasteiger partial charge in [-0.2, -0.15) is 0 Å². The monoisotopic (exact) mass is 399 g/mol. The van der Waals surface area contributed by atoms with E-state index >= 15 is 0 Å². The molecule has 25 heavy (non-hydrogen) atoms. The van der Waals surface area contributed by atoms with E-state index in [0.29, 0.717) is 11.8 Å². The Morgan fingerprint density at radius 2 is 2.16 bits per heavy atom. The highest BCUT2D eigenvalue weighted by atomic mass is 79.9. The summed E-state index contributed by atoms with van der Waals surface area (Å²) in [5.74, 6) is 1.52. The van der Waals surface area contributed by atoms with Gasteiger partial charge in [-0.25, -0.2) is 0 Å². The minimum Gasteiger partial charge on any atom is -0.379 e. The second kappa shape index (κ2) is 5.84. The normalized spacial score (nSPS) is 27.8. The van der Waals surface area contributed by atoms with Gasteiger partial charge < -0.3 is 5.32 Å². The predicted octanol–water partition coefficient (Wildman–Crippen LogP) is 5.20. The minimum atomic E-state index is -0.0400. The number of rotatable bonds is 3. The number of allylic oxidation sites excluding steroid dienone is 3. The third-order valence-electron chi connectivity index (χ3n) is 6.03. The largest absolute Gasteiger partial charge is 0.379 e. The van der Waals surface area contributed by atoms with Crippen LogP contribution in [0.25, 0.3) is 5.70 Å². The summed E-state index contributed by atoms with van der Waals surface area (Å²) in [5.41, 5.74) is 7.28. The Bertz CT molecular complexity index is 831. The SMILES string of the molecule is CCc1cc2c(cc1Br)/C(=C/C(=O)C1=C3C(C)CC3C1)NC(C)(C)C2. The number of fused-ring (bicyclic) bond motifs is 2. The van der Waals surface area contributed by atoms with Gasteiger partial charge in [0.25, 0.3) is 0 Å². The molecule has 1 fully saturated rings. The molecule has 2 aliphatic carbocycles. The van der Waals surface area contributed by atoms with Crippen molar-refractivity contribution >= 4 is 27.4 Å². The number of halogens is 1. The second-order valence-electron chi connectivity index (χ2n) is 8.53. The third kappa shape index (κ3) is 2.81. The summed E-state index contributed by atoms with van der Waals surface area (Å²) in [6.07, 6.45) is 6.08. The van der Waals surface area contributed by atoms with E-state index in [1.54, 1.807) is 0 Å². The molecule has 2 nitrogen and oxygen atoms in total. The Balaban J connectivity index is 1.74. The van der Waals surface area contributed by atoms with Crippen LogP contribution < -0.4 is 5.32 Å². The number of carbonyl (C=O) groups excluding carboxylic acids is 1. The maximum absolute atomic E-state index is 12.9. The smallest absolute Gasteiger partial charge is 0.183 e. The Labute approximate surface area is 158 Å². The molecule has 0 radical (unpaired) electrons. The molecule has 3 aliphatic rings. The van der Waals surface area contributed by atoms with Gasteiger partial charge in [-0.05, 0) is 74.1 Å². The van der Waals surface area contributed by atoms with Gasteiger partial charge in [0.2, 0.25) is 0 Å². The lowest BCUT2D eigenvalue weighted by molar-refractivity contribution is -0.112. The topological polar surface area (TPSA) is 29.1 Å². The van der Waals surface area contributed by atoms with Crippen molar-refractivity contribution in [3.05, 3.63) is 50.5 Å². The van der Waals surface area contributed by atoms with E-state index in [2.05, 4.69) is 61.1 Å². The Kier molecular flexibility index (Phi) is 3.99. The van der Waals surface area contributed by atoms with E-state index in [-0.39, 0.29) is 11.3 Å². The Morgan fingerprint density at radius 1 is 1.40 bits per heavy atom. The molecule has 4 rings (SSSR count). The number of carbonyl (C=O) groups is 1. The van der Waals surface area contributed by atoms with Crippen LogP contribution >= 0.6 is 15.9 Å². The first-order valence-corrected chi connectivity index (χ1v) is 10.2. The van der Waals surface area contributed by atoms with Crippen LogP contribution in [0.1, 0.15) is 57.2 Å². The zero-order valence-corrected chi connectivity index (χ0v) is 17.1. The summed E-state index contributed by atoms with van der Waals surface area (Å²) in [4.78, 5) is 12.9. The fourth-order valence-electron chi connectivity index (χ4n) is 4.76. The summed E-state index contributed by atoms with van der Waals surface area (Å²) >= 11 is 3.70. The van der Waals surface area contributed by atoms with Crippen LogP contribution in [0, 0.1) is 11.8 Å². The highest BCUT2D eigenvalue weighted by Crippen LogP contribution is 2.53. The van der Waals surface area contributed by atoms with E-state index in [0.717, 1.165) is 35.0 Å². The molecular weight excluding hydrogens is 374 g/mol. The molecule has 2 atom stereocenters. The number of nitrogens with one attached hydrogen (secondary N) is 1. The lowest BCUT2D eigenvalue weighted by Crippen LogP contribution is -2.44. The Hall–Kier alpha value is -1.35. The van der Waals surface area contributed by atoms with Crippen LogP contribution in [-0.4, -0.2) is 11.3 Å². The number of hydrogen-bond donors (Lipinski definition) is 1. The number of benzene rings is 1. The quantitative estimate of drug-likeness (QED) is 0.707. The van der Waals surface area contributed by atoms with Crippen LogP contribution in [-0.2, 0) is 17.6 Å². The zero-order chi connectivity index (χ0) is 17.9. The first-order chi connectivity index (χ1) is 11.8. The summed E-state index contributed by atoms with van der Waals surface area (Å²) < 4.78 is 1.13. The van der Waals surface area contributed by atoms with Crippen LogP contribution in [0.4, 0.5) is 0 Å². The molecule has 0 aromatic heterocycles. The minimum absolute atomic E-state index is 0.0400. The maximum atomic E-state index is 12.9. The van der Waals surface area contributed by atoms with Crippen molar-refractivity contribution in [2.24, 2.45) is 11.8 Å². The molecule has 1 aromatic rings. The molecule has 1 aromatic carbocycles. The van der Waals surface area contributed by atoms with Gasteiger partial charge in [0.1, 0.15) is 0 Å². The first-order valence-electron chi connectivity index (χ1n) is 9.38. The van der Waals surface area contributed by atoms with Crippen LogP contribution in [0.15, 0.2) is 33.8 Å². The van der Waals surface area contributed by atoms with E-state index in [9.17, 15) is 4.79 Å². The summed E-state index contributed by atoms with van der Waals surface area (Å²) in [6.45, 7) is 8.83. The summed E-state index contributed by atoms with van der Waals surface area (Å²) in [5, 5.41) is 3.60. The summed E-state index contributed by atoms with van der Waals surface area (Å²) in [7, 11) is 0. The molecule has 0 saturated heterocycles.